The smallest absolute Gasteiger partial charge is 0.325 e. The predicted octanol–water partition coefficient (Wildman–Crippen LogP) is -0.726. The minimum Gasteiger partial charge on any atom is -0.465 e. The van der Waals surface area contributed by atoms with E-state index in [4.69, 9.17) is 0 Å². The molecule has 1 rings (SSSR count). The third-order valence-electron chi connectivity index (χ3n) is 2.17. The topological polar surface area (TPSA) is 88.1 Å². The summed E-state index contributed by atoms with van der Waals surface area (Å²) in [7, 11) is 1.49. The molecule has 0 spiro atoms. The fraction of sp³-hybridized carbons (Fsp3) is 0.600. The van der Waals surface area contributed by atoms with Crippen LogP contribution in [0.4, 0.5) is 0 Å². The van der Waals surface area contributed by atoms with Gasteiger partial charge in [0, 0.05) is 19.9 Å². The van der Waals surface area contributed by atoms with E-state index in [1.807, 2.05) is 0 Å². The largest absolute Gasteiger partial charge is 0.465 e. The van der Waals surface area contributed by atoms with Crippen LogP contribution in [0.3, 0.4) is 0 Å². The highest BCUT2D eigenvalue weighted by molar-refractivity contribution is 6.39. The normalized spacial score (nSPS) is 15.3. The zero-order chi connectivity index (χ0) is 12.8. The number of nitrogens with one attached hydrogen (secondary N) is 1. The van der Waals surface area contributed by atoms with Crippen molar-refractivity contribution in [3.05, 3.63) is 0 Å². The van der Waals surface area contributed by atoms with E-state index in [0.717, 1.165) is 5.01 Å². The van der Waals surface area contributed by atoms with E-state index in [9.17, 15) is 14.4 Å². The Labute approximate surface area is 98.8 Å². The first kappa shape index (κ1) is 13.1. The summed E-state index contributed by atoms with van der Waals surface area (Å²) in [4.78, 5) is 33.7. The summed E-state index contributed by atoms with van der Waals surface area (Å²) in [5.74, 6) is -1.08. The van der Waals surface area contributed by atoms with Crippen LogP contribution in [0.5, 0.6) is 0 Å². The average molecular weight is 241 g/mol. The molecule has 0 aliphatic carbocycles. The van der Waals surface area contributed by atoms with Crippen molar-refractivity contribution in [3.63, 3.8) is 0 Å². The number of ether oxygens (including phenoxy) is 1. The molecule has 1 aliphatic heterocycles. The standard InChI is InChI=1S/C10H15N3O4/c1-3-17-9(15)6-11-10(16)7-4-5-8(14)13(2)12-7/h3-6H2,1-2H3,(H,11,16). The van der Waals surface area contributed by atoms with Crippen molar-refractivity contribution in [3.8, 4) is 0 Å². The Bertz CT molecular complexity index is 365. The molecule has 1 N–H and O–H groups in total. The molecule has 0 bridgehead atoms. The Balaban J connectivity index is 2.46. The highest BCUT2D eigenvalue weighted by Crippen LogP contribution is 2.06. The average Bonchev–Trinajstić information content (AvgIpc) is 2.30. The second kappa shape index (κ2) is 5.97. The first-order valence-electron chi connectivity index (χ1n) is 5.32. The summed E-state index contributed by atoms with van der Waals surface area (Å²) >= 11 is 0. The first-order chi connectivity index (χ1) is 8.04. The molecule has 94 valence electrons. The molecule has 0 atom stereocenters. The first-order valence-corrected chi connectivity index (χ1v) is 5.32. The number of esters is 1. The predicted molar refractivity (Wildman–Crippen MR) is 59.1 cm³/mol. The maximum atomic E-state index is 11.6. The van der Waals surface area contributed by atoms with E-state index >= 15 is 0 Å². The summed E-state index contributed by atoms with van der Waals surface area (Å²) in [6.45, 7) is 1.77. The lowest BCUT2D eigenvalue weighted by Gasteiger charge is -2.18. The Morgan fingerprint density at radius 2 is 2.18 bits per heavy atom. The van der Waals surface area contributed by atoms with Crippen LogP contribution in [0.2, 0.25) is 0 Å². The summed E-state index contributed by atoms with van der Waals surface area (Å²) in [6, 6.07) is 0. The van der Waals surface area contributed by atoms with Crippen molar-refractivity contribution in [1.29, 1.82) is 0 Å². The third kappa shape index (κ3) is 3.86. The molecule has 0 aromatic carbocycles. The van der Waals surface area contributed by atoms with E-state index in [-0.39, 0.29) is 37.6 Å². The van der Waals surface area contributed by atoms with Crippen molar-refractivity contribution in [2.24, 2.45) is 5.10 Å². The maximum Gasteiger partial charge on any atom is 0.325 e. The lowest BCUT2D eigenvalue weighted by molar-refractivity contribution is -0.143. The third-order valence-corrected chi connectivity index (χ3v) is 2.17. The Kier molecular flexibility index (Phi) is 4.62. The minimum atomic E-state index is -0.498. The van der Waals surface area contributed by atoms with E-state index in [1.54, 1.807) is 6.92 Å². The Hall–Kier alpha value is -1.92. The second-order valence-corrected chi connectivity index (χ2v) is 3.45. The van der Waals surface area contributed by atoms with Crippen LogP contribution in [-0.2, 0) is 19.1 Å². The molecule has 0 fully saturated rings. The van der Waals surface area contributed by atoms with Crippen molar-refractivity contribution in [2.45, 2.75) is 19.8 Å². The van der Waals surface area contributed by atoms with Gasteiger partial charge in [-0.3, -0.25) is 14.4 Å². The summed E-state index contributed by atoms with van der Waals surface area (Å²) < 4.78 is 4.66. The number of amides is 2. The number of rotatable bonds is 4. The summed E-state index contributed by atoms with van der Waals surface area (Å²) in [5, 5.41) is 7.34. The van der Waals surface area contributed by atoms with E-state index in [2.05, 4.69) is 15.2 Å². The number of carbonyl (C=O) groups is 3. The van der Waals surface area contributed by atoms with Crippen LogP contribution in [0.1, 0.15) is 19.8 Å². The maximum absolute atomic E-state index is 11.6. The van der Waals surface area contributed by atoms with Gasteiger partial charge in [-0.05, 0) is 6.92 Å². The van der Waals surface area contributed by atoms with E-state index in [0.29, 0.717) is 0 Å². The zero-order valence-corrected chi connectivity index (χ0v) is 9.86. The highest BCUT2D eigenvalue weighted by Gasteiger charge is 2.22. The van der Waals surface area contributed by atoms with Gasteiger partial charge in [0.1, 0.15) is 12.3 Å². The van der Waals surface area contributed by atoms with Gasteiger partial charge in [-0.25, -0.2) is 5.01 Å². The molecule has 0 aromatic rings. The molecule has 1 heterocycles. The van der Waals surface area contributed by atoms with Gasteiger partial charge >= 0.3 is 5.97 Å². The minimum absolute atomic E-state index is 0.132. The van der Waals surface area contributed by atoms with E-state index in [1.165, 1.54) is 7.05 Å². The van der Waals surface area contributed by atoms with Gasteiger partial charge in [0.2, 0.25) is 5.91 Å². The monoisotopic (exact) mass is 241 g/mol. The molecule has 0 aromatic heterocycles. The van der Waals surface area contributed by atoms with Crippen LogP contribution < -0.4 is 5.32 Å². The molecule has 0 saturated carbocycles. The highest BCUT2D eigenvalue weighted by atomic mass is 16.5. The molecule has 7 nitrogen and oxygen atoms in total. The molecule has 0 saturated heterocycles. The number of hydrogen-bond donors (Lipinski definition) is 1. The van der Waals surface area contributed by atoms with Gasteiger partial charge in [0.25, 0.3) is 5.91 Å². The number of nitrogens with zero attached hydrogens (tertiary/aromatic N) is 2. The van der Waals surface area contributed by atoms with Gasteiger partial charge in [-0.1, -0.05) is 0 Å². The lowest BCUT2D eigenvalue weighted by Crippen LogP contribution is -2.39. The Morgan fingerprint density at radius 1 is 1.47 bits per heavy atom. The lowest BCUT2D eigenvalue weighted by atomic mass is 10.1. The molecule has 17 heavy (non-hydrogen) atoms. The van der Waals surface area contributed by atoms with Gasteiger partial charge in [-0.2, -0.15) is 5.10 Å². The molecule has 0 unspecified atom stereocenters. The summed E-state index contributed by atoms with van der Waals surface area (Å²) in [6.07, 6.45) is 0.542. The van der Waals surface area contributed by atoms with Crippen LogP contribution in [-0.4, -0.2) is 48.7 Å². The van der Waals surface area contributed by atoms with Crippen molar-refractivity contribution < 1.29 is 19.1 Å². The Morgan fingerprint density at radius 3 is 2.76 bits per heavy atom. The molecule has 7 heteroatoms. The fourth-order valence-electron chi connectivity index (χ4n) is 1.30. The van der Waals surface area contributed by atoms with Crippen LogP contribution in [0, 0.1) is 0 Å². The quantitative estimate of drug-likeness (QED) is 0.657. The fourth-order valence-corrected chi connectivity index (χ4v) is 1.30. The van der Waals surface area contributed by atoms with Crippen molar-refractivity contribution in [2.75, 3.05) is 20.2 Å². The molecule has 2 amide bonds. The second-order valence-electron chi connectivity index (χ2n) is 3.45. The molecule has 1 aliphatic rings. The van der Waals surface area contributed by atoms with Gasteiger partial charge < -0.3 is 10.1 Å². The molecule has 0 radical (unpaired) electrons. The van der Waals surface area contributed by atoms with Gasteiger partial charge in [-0.15, -0.1) is 0 Å². The van der Waals surface area contributed by atoms with Gasteiger partial charge in [0.05, 0.1) is 6.61 Å². The van der Waals surface area contributed by atoms with Crippen LogP contribution in [0.25, 0.3) is 0 Å². The molecular weight excluding hydrogens is 226 g/mol. The van der Waals surface area contributed by atoms with Crippen LogP contribution in [0.15, 0.2) is 5.10 Å². The van der Waals surface area contributed by atoms with E-state index < -0.39 is 11.9 Å². The number of hydrazone groups is 1. The summed E-state index contributed by atoms with van der Waals surface area (Å²) in [5.41, 5.74) is 0.247. The number of hydrogen-bond acceptors (Lipinski definition) is 5. The SMILES string of the molecule is CCOC(=O)CNC(=O)C1=NN(C)C(=O)CC1. The van der Waals surface area contributed by atoms with Gasteiger partial charge in [0.15, 0.2) is 0 Å². The van der Waals surface area contributed by atoms with Crippen molar-refractivity contribution in [1.82, 2.24) is 10.3 Å². The number of carbonyl (C=O) groups excluding carboxylic acids is 3. The van der Waals surface area contributed by atoms with Crippen LogP contribution >= 0.6 is 0 Å². The zero-order valence-electron chi connectivity index (χ0n) is 9.86. The van der Waals surface area contributed by atoms with Crippen molar-refractivity contribution >= 4 is 23.5 Å². The molecular formula is C10H15N3O4.